The normalized spacial score (nSPS) is 10.2. The van der Waals surface area contributed by atoms with Crippen LogP contribution in [0.4, 0.5) is 5.69 Å². The molecule has 27 heavy (non-hydrogen) atoms. The lowest BCUT2D eigenvalue weighted by Crippen LogP contribution is -2.21. The van der Waals surface area contributed by atoms with Gasteiger partial charge in [0.05, 0.1) is 19.9 Å². The third kappa shape index (κ3) is 5.89. The van der Waals surface area contributed by atoms with Gasteiger partial charge in [-0.25, -0.2) is 0 Å². The van der Waals surface area contributed by atoms with Crippen LogP contribution >= 0.6 is 11.6 Å². The Balaban J connectivity index is 1.85. The second-order valence-corrected chi connectivity index (χ2v) is 6.23. The van der Waals surface area contributed by atoms with Crippen LogP contribution in [0.25, 0.3) is 0 Å². The third-order valence-corrected chi connectivity index (χ3v) is 4.32. The largest absolute Gasteiger partial charge is 0.496 e. The van der Waals surface area contributed by atoms with Gasteiger partial charge in [0.15, 0.2) is 6.61 Å². The fraction of sp³-hybridized carbons (Fsp3) is 0.300. The molecule has 1 amide bonds. The zero-order valence-electron chi connectivity index (χ0n) is 15.5. The van der Waals surface area contributed by atoms with Crippen molar-refractivity contribution in [2.45, 2.75) is 19.8 Å². The summed E-state index contributed by atoms with van der Waals surface area (Å²) >= 11 is 6.04. The lowest BCUT2D eigenvalue weighted by Gasteiger charge is -2.12. The second kappa shape index (κ2) is 9.83. The molecule has 0 heterocycles. The summed E-state index contributed by atoms with van der Waals surface area (Å²) < 4.78 is 15.5. The summed E-state index contributed by atoms with van der Waals surface area (Å²) in [4.78, 5) is 24.0. The molecule has 0 aliphatic carbocycles. The Kier molecular flexibility index (Phi) is 7.49. The van der Waals surface area contributed by atoms with Gasteiger partial charge in [-0.15, -0.1) is 0 Å². The van der Waals surface area contributed by atoms with E-state index in [1.54, 1.807) is 19.2 Å². The Bertz CT molecular complexity index is 822. The molecular formula is C20H22ClNO5. The molecule has 0 aliphatic rings. The molecule has 0 radical (unpaired) electrons. The molecule has 1 N–H and O–H groups in total. The zero-order valence-corrected chi connectivity index (χ0v) is 16.3. The summed E-state index contributed by atoms with van der Waals surface area (Å²) in [5, 5.41) is 3.19. The molecule has 2 rings (SSSR count). The standard InChI is InChI=1S/C20H22ClNO5/c1-13-10-16(18(26-3)11-15(13)21)22-19(23)12-27-20(24)9-8-14-6-4-5-7-17(14)25-2/h4-7,10-11H,8-9,12H2,1-3H3,(H,22,23). The number of halogens is 1. The van der Waals surface area contributed by atoms with E-state index >= 15 is 0 Å². The minimum atomic E-state index is -0.463. The van der Waals surface area contributed by atoms with Crippen LogP contribution in [0, 0.1) is 6.92 Å². The molecule has 2 aromatic carbocycles. The van der Waals surface area contributed by atoms with Crippen LogP contribution in [0.1, 0.15) is 17.5 Å². The number of hydrogen-bond acceptors (Lipinski definition) is 5. The van der Waals surface area contributed by atoms with Crippen molar-refractivity contribution in [1.29, 1.82) is 0 Å². The molecule has 0 bridgehead atoms. The number of carbonyl (C=O) groups excluding carboxylic acids is 2. The average molecular weight is 392 g/mol. The first-order chi connectivity index (χ1) is 12.9. The first-order valence-corrected chi connectivity index (χ1v) is 8.74. The van der Waals surface area contributed by atoms with Crippen LogP contribution in [0.5, 0.6) is 11.5 Å². The Morgan fingerprint density at radius 3 is 2.48 bits per heavy atom. The minimum absolute atomic E-state index is 0.150. The fourth-order valence-corrected chi connectivity index (χ4v) is 2.63. The summed E-state index contributed by atoms with van der Waals surface area (Å²) in [6.45, 7) is 1.44. The maximum absolute atomic E-state index is 12.1. The van der Waals surface area contributed by atoms with Crippen LogP contribution in [0.15, 0.2) is 36.4 Å². The molecule has 0 fully saturated rings. The summed E-state index contributed by atoms with van der Waals surface area (Å²) in [7, 11) is 3.06. The van der Waals surface area contributed by atoms with Gasteiger partial charge in [-0.1, -0.05) is 29.8 Å². The Labute approximate surface area is 163 Å². The topological polar surface area (TPSA) is 73.9 Å². The van der Waals surface area contributed by atoms with Crippen LogP contribution in [0.2, 0.25) is 5.02 Å². The van der Waals surface area contributed by atoms with Crippen molar-refractivity contribution in [3.63, 3.8) is 0 Å². The molecule has 7 heteroatoms. The summed E-state index contributed by atoms with van der Waals surface area (Å²) in [6, 6.07) is 10.8. The lowest BCUT2D eigenvalue weighted by atomic mass is 10.1. The molecule has 6 nitrogen and oxygen atoms in total. The quantitative estimate of drug-likeness (QED) is 0.693. The van der Waals surface area contributed by atoms with Gasteiger partial charge in [0.1, 0.15) is 11.5 Å². The van der Waals surface area contributed by atoms with Crippen LogP contribution < -0.4 is 14.8 Å². The smallest absolute Gasteiger partial charge is 0.306 e. The van der Waals surface area contributed by atoms with E-state index in [1.807, 2.05) is 31.2 Å². The number of aryl methyl sites for hydroxylation is 2. The molecule has 0 saturated heterocycles. The van der Waals surface area contributed by atoms with Gasteiger partial charge in [-0.05, 0) is 36.6 Å². The number of carbonyl (C=O) groups is 2. The van der Waals surface area contributed by atoms with Gasteiger partial charge in [-0.3, -0.25) is 9.59 Å². The first-order valence-electron chi connectivity index (χ1n) is 8.36. The van der Waals surface area contributed by atoms with E-state index in [-0.39, 0.29) is 13.0 Å². The average Bonchev–Trinajstić information content (AvgIpc) is 2.67. The molecule has 0 atom stereocenters. The highest BCUT2D eigenvalue weighted by atomic mass is 35.5. The Morgan fingerprint density at radius 2 is 1.78 bits per heavy atom. The fourth-order valence-electron chi connectivity index (χ4n) is 2.48. The minimum Gasteiger partial charge on any atom is -0.496 e. The van der Waals surface area contributed by atoms with Crippen molar-refractivity contribution in [2.24, 2.45) is 0 Å². The highest BCUT2D eigenvalue weighted by Crippen LogP contribution is 2.30. The van der Waals surface area contributed by atoms with E-state index in [1.165, 1.54) is 7.11 Å². The number of hydrogen-bond donors (Lipinski definition) is 1. The Hall–Kier alpha value is -2.73. The van der Waals surface area contributed by atoms with Gasteiger partial charge in [0, 0.05) is 17.5 Å². The van der Waals surface area contributed by atoms with Gasteiger partial charge >= 0.3 is 5.97 Å². The van der Waals surface area contributed by atoms with E-state index in [2.05, 4.69) is 5.32 Å². The number of amides is 1. The van der Waals surface area contributed by atoms with Crippen molar-refractivity contribution < 1.29 is 23.8 Å². The number of anilines is 1. The van der Waals surface area contributed by atoms with E-state index in [9.17, 15) is 9.59 Å². The molecule has 2 aromatic rings. The van der Waals surface area contributed by atoms with Gasteiger partial charge < -0.3 is 19.5 Å². The number of rotatable bonds is 8. The van der Waals surface area contributed by atoms with Gasteiger partial charge in [0.25, 0.3) is 5.91 Å². The van der Waals surface area contributed by atoms with Crippen molar-refractivity contribution in [1.82, 2.24) is 0 Å². The van der Waals surface area contributed by atoms with Crippen molar-refractivity contribution >= 4 is 29.2 Å². The zero-order chi connectivity index (χ0) is 19.8. The maximum atomic E-state index is 12.1. The van der Waals surface area contributed by atoms with Gasteiger partial charge in [-0.2, -0.15) is 0 Å². The SMILES string of the molecule is COc1ccccc1CCC(=O)OCC(=O)Nc1cc(C)c(Cl)cc1OC. The molecular weight excluding hydrogens is 370 g/mol. The third-order valence-electron chi connectivity index (χ3n) is 3.91. The first kappa shape index (κ1) is 20.6. The van der Waals surface area contributed by atoms with E-state index in [0.29, 0.717) is 28.6 Å². The number of benzene rings is 2. The molecule has 0 saturated carbocycles. The number of para-hydroxylation sites is 1. The van der Waals surface area contributed by atoms with Gasteiger partial charge in [0.2, 0.25) is 0 Å². The highest BCUT2D eigenvalue weighted by Gasteiger charge is 2.13. The number of esters is 1. The predicted octanol–water partition coefficient (Wildman–Crippen LogP) is 3.78. The summed E-state index contributed by atoms with van der Waals surface area (Å²) in [5.41, 5.74) is 2.17. The van der Waals surface area contributed by atoms with E-state index < -0.39 is 11.9 Å². The van der Waals surface area contributed by atoms with Crippen LogP contribution in [-0.2, 0) is 20.7 Å². The predicted molar refractivity (Wildman–Crippen MR) is 104 cm³/mol. The van der Waals surface area contributed by atoms with Crippen molar-refractivity contribution in [2.75, 3.05) is 26.1 Å². The summed E-state index contributed by atoms with van der Waals surface area (Å²) in [6.07, 6.45) is 0.617. The molecule has 0 aliphatic heterocycles. The second-order valence-electron chi connectivity index (χ2n) is 5.82. The molecule has 0 spiro atoms. The number of methoxy groups -OCH3 is 2. The van der Waals surface area contributed by atoms with E-state index in [0.717, 1.165) is 11.1 Å². The highest BCUT2D eigenvalue weighted by molar-refractivity contribution is 6.31. The van der Waals surface area contributed by atoms with Crippen LogP contribution in [-0.4, -0.2) is 32.7 Å². The molecule has 0 aromatic heterocycles. The molecule has 0 unspecified atom stereocenters. The van der Waals surface area contributed by atoms with Crippen molar-refractivity contribution in [3.8, 4) is 11.5 Å². The Morgan fingerprint density at radius 1 is 1.07 bits per heavy atom. The molecule has 144 valence electrons. The van der Waals surface area contributed by atoms with E-state index in [4.69, 9.17) is 25.8 Å². The van der Waals surface area contributed by atoms with Crippen molar-refractivity contribution in [3.05, 3.63) is 52.5 Å². The lowest BCUT2D eigenvalue weighted by molar-refractivity contribution is -0.147. The number of nitrogens with one attached hydrogen (secondary N) is 1. The van der Waals surface area contributed by atoms with Crippen LogP contribution in [0.3, 0.4) is 0 Å². The monoisotopic (exact) mass is 391 g/mol. The number of ether oxygens (including phenoxy) is 3. The maximum Gasteiger partial charge on any atom is 0.306 e. The summed E-state index contributed by atoms with van der Waals surface area (Å²) in [5.74, 6) is 0.227.